The van der Waals surface area contributed by atoms with Crippen LogP contribution in [0, 0.1) is 0 Å². The molecule has 0 spiro atoms. The van der Waals surface area contributed by atoms with E-state index in [-0.39, 0.29) is 40.5 Å². The van der Waals surface area contributed by atoms with E-state index in [2.05, 4.69) is 17.1 Å². The zero-order valence-corrected chi connectivity index (χ0v) is 21.4. The zero-order valence-electron chi connectivity index (χ0n) is 21.4. The van der Waals surface area contributed by atoms with Crippen LogP contribution in [0.3, 0.4) is 0 Å². The topological polar surface area (TPSA) is 102 Å². The first-order valence-electron chi connectivity index (χ1n) is 12.0. The lowest BCUT2D eigenvalue weighted by Gasteiger charge is -2.23. The molecule has 3 aromatic carbocycles. The standard InChI is InChI=1S/C29H28F3N3O4/c1-4-7-18(2)16-35(17-36)26-15-22(29(30,31)32)12-13-23(26)19(3)33-34-25-11-6-10-24(27(25)37)20-8-5-9-21(14-20)28(38)39/h5-6,8-15,17,34,37H,2,4,7,16H2,1,3H3,(H,38,39)/b33-19+. The Balaban J connectivity index is 1.99. The Bertz CT molecular complexity index is 1420. The quantitative estimate of drug-likeness (QED) is 0.0806. The van der Waals surface area contributed by atoms with Gasteiger partial charge in [-0.15, -0.1) is 0 Å². The number of hydrogen-bond acceptors (Lipinski definition) is 5. The summed E-state index contributed by atoms with van der Waals surface area (Å²) in [6.45, 7) is 7.45. The highest BCUT2D eigenvalue weighted by molar-refractivity contribution is 6.05. The van der Waals surface area contributed by atoms with Crippen molar-refractivity contribution in [3.63, 3.8) is 0 Å². The van der Waals surface area contributed by atoms with E-state index in [0.29, 0.717) is 29.5 Å². The molecule has 0 aliphatic rings. The lowest BCUT2D eigenvalue weighted by atomic mass is 10.0. The Hall–Kier alpha value is -4.60. The number of aromatic carboxylic acids is 1. The summed E-state index contributed by atoms with van der Waals surface area (Å²) in [6, 6.07) is 13.9. The maximum Gasteiger partial charge on any atom is 0.416 e. The maximum atomic E-state index is 13.5. The molecule has 7 nitrogen and oxygen atoms in total. The average Bonchev–Trinajstić information content (AvgIpc) is 2.90. The van der Waals surface area contributed by atoms with Crippen LogP contribution in [0.15, 0.2) is 77.9 Å². The second-order valence-electron chi connectivity index (χ2n) is 8.86. The van der Waals surface area contributed by atoms with Crippen LogP contribution in [-0.2, 0) is 11.0 Å². The molecule has 3 rings (SSSR count). The van der Waals surface area contributed by atoms with Crippen molar-refractivity contribution in [2.75, 3.05) is 16.9 Å². The molecular formula is C29H28F3N3O4. The van der Waals surface area contributed by atoms with E-state index in [1.54, 1.807) is 31.2 Å². The minimum Gasteiger partial charge on any atom is -0.505 e. The predicted molar refractivity (Wildman–Crippen MR) is 145 cm³/mol. The van der Waals surface area contributed by atoms with Crippen molar-refractivity contribution in [3.8, 4) is 16.9 Å². The first-order chi connectivity index (χ1) is 18.5. The second-order valence-corrected chi connectivity index (χ2v) is 8.86. The van der Waals surface area contributed by atoms with Crippen molar-refractivity contribution < 1.29 is 33.0 Å². The molecule has 0 saturated heterocycles. The van der Waals surface area contributed by atoms with Crippen LogP contribution < -0.4 is 10.3 Å². The first-order valence-corrected chi connectivity index (χ1v) is 12.0. The Morgan fingerprint density at radius 1 is 1.13 bits per heavy atom. The summed E-state index contributed by atoms with van der Waals surface area (Å²) >= 11 is 0. The Labute approximate surface area is 223 Å². The van der Waals surface area contributed by atoms with Gasteiger partial charge in [-0.3, -0.25) is 10.2 Å². The largest absolute Gasteiger partial charge is 0.505 e. The number of nitrogens with one attached hydrogen (secondary N) is 1. The van der Waals surface area contributed by atoms with Gasteiger partial charge in [-0.1, -0.05) is 55.8 Å². The van der Waals surface area contributed by atoms with Crippen LogP contribution in [0.5, 0.6) is 5.75 Å². The van der Waals surface area contributed by atoms with E-state index < -0.39 is 17.7 Å². The van der Waals surface area contributed by atoms with Gasteiger partial charge >= 0.3 is 12.1 Å². The number of carbonyl (C=O) groups is 2. The van der Waals surface area contributed by atoms with Crippen molar-refractivity contribution in [2.24, 2.45) is 5.10 Å². The SMILES string of the molecule is C=C(CCC)CN(C=O)c1cc(C(F)(F)F)ccc1/C(C)=N/Nc1cccc(-c2cccc(C(=O)O)c2)c1O. The smallest absolute Gasteiger partial charge is 0.416 e. The number of hydrazone groups is 1. The van der Waals surface area contributed by atoms with Crippen molar-refractivity contribution in [1.82, 2.24) is 0 Å². The van der Waals surface area contributed by atoms with E-state index in [4.69, 9.17) is 0 Å². The fourth-order valence-corrected chi connectivity index (χ4v) is 4.00. The fourth-order valence-electron chi connectivity index (χ4n) is 4.00. The fraction of sp³-hybridized carbons (Fsp3) is 0.207. The molecule has 204 valence electrons. The summed E-state index contributed by atoms with van der Waals surface area (Å²) < 4.78 is 40.5. The molecule has 0 aliphatic heterocycles. The molecule has 3 aromatic rings. The van der Waals surface area contributed by atoms with Crippen molar-refractivity contribution in [3.05, 3.63) is 89.5 Å². The minimum absolute atomic E-state index is 0.0172. The van der Waals surface area contributed by atoms with E-state index >= 15 is 0 Å². The lowest BCUT2D eigenvalue weighted by Crippen LogP contribution is -2.26. The number of hydrogen-bond donors (Lipinski definition) is 3. The van der Waals surface area contributed by atoms with Crippen molar-refractivity contribution in [1.29, 1.82) is 0 Å². The molecule has 1 amide bonds. The number of phenols is 1. The number of phenolic OH excluding ortho intramolecular Hbond substituents is 1. The zero-order chi connectivity index (χ0) is 28.7. The van der Waals surface area contributed by atoms with Gasteiger partial charge in [0.05, 0.1) is 28.2 Å². The van der Waals surface area contributed by atoms with Gasteiger partial charge in [0.1, 0.15) is 5.75 Å². The molecule has 0 aliphatic carbocycles. The van der Waals surface area contributed by atoms with Gasteiger partial charge in [-0.2, -0.15) is 18.3 Å². The minimum atomic E-state index is -4.62. The number of anilines is 2. The Kier molecular flexibility index (Phi) is 9.13. The number of carbonyl (C=O) groups excluding carboxylic acids is 1. The number of rotatable bonds is 11. The third-order valence-electron chi connectivity index (χ3n) is 5.95. The van der Waals surface area contributed by atoms with E-state index in [1.165, 1.54) is 24.3 Å². The molecular weight excluding hydrogens is 511 g/mol. The highest BCUT2D eigenvalue weighted by atomic mass is 19.4. The number of carboxylic acids is 1. The van der Waals surface area contributed by atoms with Gasteiger partial charge in [0, 0.05) is 17.7 Å². The third kappa shape index (κ3) is 7.04. The van der Waals surface area contributed by atoms with Crippen LogP contribution in [-0.4, -0.2) is 34.8 Å². The molecule has 0 saturated carbocycles. The molecule has 10 heteroatoms. The number of carboxylic acid groups (broad SMARTS) is 1. The van der Waals surface area contributed by atoms with E-state index in [9.17, 15) is 33.0 Å². The number of nitrogens with zero attached hydrogens (tertiary/aromatic N) is 2. The van der Waals surface area contributed by atoms with Crippen LogP contribution >= 0.6 is 0 Å². The number of halogens is 3. The van der Waals surface area contributed by atoms with Crippen molar-refractivity contribution >= 4 is 29.5 Å². The van der Waals surface area contributed by atoms with Gasteiger partial charge in [0.2, 0.25) is 6.41 Å². The molecule has 0 atom stereocenters. The number of aromatic hydroxyl groups is 1. The number of amides is 1. The number of para-hydroxylation sites is 1. The molecule has 0 heterocycles. The van der Waals surface area contributed by atoms with Gasteiger partial charge in [0.15, 0.2) is 0 Å². The summed E-state index contributed by atoms with van der Waals surface area (Å²) in [5.41, 5.74) is 4.10. The summed E-state index contributed by atoms with van der Waals surface area (Å²) in [5, 5.41) is 24.4. The van der Waals surface area contributed by atoms with Crippen LogP contribution in [0.1, 0.15) is 48.2 Å². The number of alkyl halides is 3. The third-order valence-corrected chi connectivity index (χ3v) is 5.95. The van der Waals surface area contributed by atoms with Gasteiger partial charge in [0.25, 0.3) is 0 Å². The van der Waals surface area contributed by atoms with Gasteiger partial charge < -0.3 is 15.1 Å². The van der Waals surface area contributed by atoms with Crippen LogP contribution in [0.25, 0.3) is 11.1 Å². The van der Waals surface area contributed by atoms with Crippen molar-refractivity contribution in [2.45, 2.75) is 32.9 Å². The maximum absolute atomic E-state index is 13.5. The van der Waals surface area contributed by atoms with E-state index in [1.807, 2.05) is 6.92 Å². The predicted octanol–water partition coefficient (Wildman–Crippen LogP) is 6.93. The molecule has 0 fully saturated rings. The second kappa shape index (κ2) is 12.3. The normalized spacial score (nSPS) is 11.7. The van der Waals surface area contributed by atoms with Crippen LogP contribution in [0.2, 0.25) is 0 Å². The highest BCUT2D eigenvalue weighted by Crippen LogP contribution is 2.37. The summed E-state index contributed by atoms with van der Waals surface area (Å²) in [7, 11) is 0. The Morgan fingerprint density at radius 2 is 1.85 bits per heavy atom. The summed E-state index contributed by atoms with van der Waals surface area (Å²) in [6.07, 6.45) is -2.77. The molecule has 0 radical (unpaired) electrons. The van der Waals surface area contributed by atoms with Gasteiger partial charge in [-0.25, -0.2) is 4.79 Å². The first kappa shape index (κ1) is 29.0. The Morgan fingerprint density at radius 3 is 2.49 bits per heavy atom. The molecule has 0 aromatic heterocycles. The van der Waals surface area contributed by atoms with Gasteiger partial charge in [-0.05, 0) is 49.2 Å². The van der Waals surface area contributed by atoms with Crippen LogP contribution in [0.4, 0.5) is 24.5 Å². The lowest BCUT2D eigenvalue weighted by molar-refractivity contribution is -0.137. The monoisotopic (exact) mass is 539 g/mol. The summed E-state index contributed by atoms with van der Waals surface area (Å²) in [5.74, 6) is -1.31. The average molecular weight is 540 g/mol. The molecule has 0 unspecified atom stereocenters. The van der Waals surface area contributed by atoms with E-state index in [0.717, 1.165) is 23.5 Å². The molecule has 3 N–H and O–H groups in total. The molecule has 0 bridgehead atoms. The molecule has 39 heavy (non-hydrogen) atoms. The number of benzene rings is 3. The highest BCUT2D eigenvalue weighted by Gasteiger charge is 2.32. The summed E-state index contributed by atoms with van der Waals surface area (Å²) in [4.78, 5) is 24.4.